The van der Waals surface area contributed by atoms with Crippen LogP contribution in [0.4, 0.5) is 20.3 Å². The summed E-state index contributed by atoms with van der Waals surface area (Å²) in [6, 6.07) is 15.0. The van der Waals surface area contributed by atoms with Gasteiger partial charge in [-0.25, -0.2) is 13.8 Å². The van der Waals surface area contributed by atoms with Crippen molar-refractivity contribution in [3.05, 3.63) is 89.6 Å². The van der Waals surface area contributed by atoms with Gasteiger partial charge in [-0.05, 0) is 48.9 Å². The van der Waals surface area contributed by atoms with E-state index >= 15 is 0 Å². The molecule has 164 valence electrons. The van der Waals surface area contributed by atoms with Crippen LogP contribution < -0.4 is 10.2 Å². The molecular weight excluding hydrogens is 414 g/mol. The van der Waals surface area contributed by atoms with Crippen LogP contribution in [0.2, 0.25) is 0 Å². The summed E-state index contributed by atoms with van der Waals surface area (Å²) in [6.07, 6.45) is 2.26. The number of nitrogens with zero attached hydrogens (tertiary/aromatic N) is 3. The number of hydrogen-bond donors (Lipinski definition) is 1. The van der Waals surface area contributed by atoms with Crippen molar-refractivity contribution < 1.29 is 18.4 Å². The maximum Gasteiger partial charge on any atom is 0.256 e. The van der Waals surface area contributed by atoms with Crippen LogP contribution in [0.25, 0.3) is 0 Å². The van der Waals surface area contributed by atoms with E-state index in [0.29, 0.717) is 37.7 Å². The highest BCUT2D eigenvalue weighted by atomic mass is 19.1. The molecule has 1 fully saturated rings. The Labute approximate surface area is 184 Å². The third-order valence-corrected chi connectivity index (χ3v) is 5.30. The zero-order valence-corrected chi connectivity index (χ0v) is 17.3. The van der Waals surface area contributed by atoms with Crippen molar-refractivity contribution in [1.29, 1.82) is 0 Å². The summed E-state index contributed by atoms with van der Waals surface area (Å²) in [5.41, 5.74) is 0.799. The van der Waals surface area contributed by atoms with Crippen molar-refractivity contribution in [3.8, 4) is 0 Å². The molecule has 2 heterocycles. The molecule has 6 nitrogen and oxygen atoms in total. The molecule has 0 radical (unpaired) electrons. The van der Waals surface area contributed by atoms with E-state index in [-0.39, 0.29) is 17.0 Å². The quantitative estimate of drug-likeness (QED) is 0.672. The molecule has 8 heteroatoms. The molecule has 3 aromatic rings. The highest BCUT2D eigenvalue weighted by Crippen LogP contribution is 2.19. The Morgan fingerprint density at radius 3 is 2.50 bits per heavy atom. The Kier molecular flexibility index (Phi) is 6.39. The van der Waals surface area contributed by atoms with Crippen LogP contribution in [0, 0.1) is 11.6 Å². The van der Waals surface area contributed by atoms with Gasteiger partial charge in [-0.2, -0.15) is 0 Å². The van der Waals surface area contributed by atoms with Crippen molar-refractivity contribution in [3.63, 3.8) is 0 Å². The number of amides is 2. The average molecular weight is 436 g/mol. The standard InChI is InChI=1S/C24H22F2N4O2/c25-18-6-3-5-17(15-18)23(31)28-19-9-10-22(27-16-19)29-11-4-12-30(14-13-29)24(32)20-7-1-2-8-21(20)26/h1-3,5-10,15-16H,4,11-14H2,(H,28,31). The zero-order chi connectivity index (χ0) is 22.5. The summed E-state index contributed by atoms with van der Waals surface area (Å²) in [6.45, 7) is 2.24. The first-order valence-electron chi connectivity index (χ1n) is 10.3. The van der Waals surface area contributed by atoms with Gasteiger partial charge >= 0.3 is 0 Å². The smallest absolute Gasteiger partial charge is 0.256 e. The van der Waals surface area contributed by atoms with E-state index in [4.69, 9.17) is 0 Å². The summed E-state index contributed by atoms with van der Waals surface area (Å²) in [4.78, 5) is 33.1. The van der Waals surface area contributed by atoms with Gasteiger partial charge < -0.3 is 15.1 Å². The Morgan fingerprint density at radius 1 is 0.906 bits per heavy atom. The summed E-state index contributed by atoms with van der Waals surface area (Å²) in [5, 5.41) is 2.70. The second-order valence-corrected chi connectivity index (χ2v) is 7.48. The van der Waals surface area contributed by atoms with Crippen LogP contribution in [-0.4, -0.2) is 47.9 Å². The number of benzene rings is 2. The lowest BCUT2D eigenvalue weighted by atomic mass is 10.2. The third kappa shape index (κ3) is 4.91. The van der Waals surface area contributed by atoms with E-state index in [1.54, 1.807) is 35.4 Å². The van der Waals surface area contributed by atoms with Gasteiger partial charge in [0.1, 0.15) is 17.5 Å². The minimum atomic E-state index is -0.517. The molecule has 1 N–H and O–H groups in total. The Bertz CT molecular complexity index is 1120. The molecule has 0 aliphatic carbocycles. The predicted octanol–water partition coefficient (Wildman–Crippen LogP) is 3.96. The molecule has 1 saturated heterocycles. The topological polar surface area (TPSA) is 65.5 Å². The van der Waals surface area contributed by atoms with Crippen molar-refractivity contribution >= 4 is 23.3 Å². The summed E-state index contributed by atoms with van der Waals surface area (Å²) < 4.78 is 27.3. The van der Waals surface area contributed by atoms with E-state index in [2.05, 4.69) is 10.3 Å². The minimum Gasteiger partial charge on any atom is -0.355 e. The number of carbonyl (C=O) groups is 2. The third-order valence-electron chi connectivity index (χ3n) is 5.30. The van der Waals surface area contributed by atoms with E-state index < -0.39 is 17.5 Å². The molecule has 1 aromatic heterocycles. The van der Waals surface area contributed by atoms with Gasteiger partial charge in [0.2, 0.25) is 0 Å². The van der Waals surface area contributed by atoms with Crippen LogP contribution in [-0.2, 0) is 0 Å². The van der Waals surface area contributed by atoms with E-state index in [1.807, 2.05) is 4.90 Å². The SMILES string of the molecule is O=C(Nc1ccc(N2CCCN(C(=O)c3ccccc3F)CC2)nc1)c1cccc(F)c1. The number of rotatable bonds is 4. The van der Waals surface area contributed by atoms with E-state index in [9.17, 15) is 18.4 Å². The fourth-order valence-corrected chi connectivity index (χ4v) is 3.63. The lowest BCUT2D eigenvalue weighted by Crippen LogP contribution is -2.35. The molecule has 1 aliphatic rings. The molecule has 0 saturated carbocycles. The van der Waals surface area contributed by atoms with Gasteiger partial charge in [0.15, 0.2) is 0 Å². The van der Waals surface area contributed by atoms with Crippen LogP contribution in [0.1, 0.15) is 27.1 Å². The van der Waals surface area contributed by atoms with Crippen LogP contribution in [0.3, 0.4) is 0 Å². The molecular formula is C24H22F2N4O2. The molecule has 0 spiro atoms. The number of halogens is 2. The number of anilines is 2. The van der Waals surface area contributed by atoms with Gasteiger partial charge in [0.25, 0.3) is 11.8 Å². The highest BCUT2D eigenvalue weighted by Gasteiger charge is 2.22. The molecule has 0 unspecified atom stereocenters. The Hall–Kier alpha value is -3.81. The minimum absolute atomic E-state index is 0.0810. The molecule has 0 atom stereocenters. The Balaban J connectivity index is 1.38. The second-order valence-electron chi connectivity index (χ2n) is 7.48. The van der Waals surface area contributed by atoms with Gasteiger partial charge in [0.05, 0.1) is 17.4 Å². The number of pyridine rings is 1. The average Bonchev–Trinajstić information content (AvgIpc) is 3.06. The van der Waals surface area contributed by atoms with Crippen molar-refractivity contribution in [1.82, 2.24) is 9.88 Å². The van der Waals surface area contributed by atoms with Crippen LogP contribution in [0.5, 0.6) is 0 Å². The lowest BCUT2D eigenvalue weighted by Gasteiger charge is -2.23. The highest BCUT2D eigenvalue weighted by molar-refractivity contribution is 6.04. The fraction of sp³-hybridized carbons (Fsp3) is 0.208. The number of nitrogens with one attached hydrogen (secondary N) is 1. The molecule has 32 heavy (non-hydrogen) atoms. The number of aromatic nitrogens is 1. The molecule has 4 rings (SSSR count). The first-order valence-corrected chi connectivity index (χ1v) is 10.3. The maximum absolute atomic E-state index is 14.0. The van der Waals surface area contributed by atoms with Crippen LogP contribution >= 0.6 is 0 Å². The Morgan fingerprint density at radius 2 is 1.75 bits per heavy atom. The van der Waals surface area contributed by atoms with E-state index in [1.165, 1.54) is 36.4 Å². The number of carbonyl (C=O) groups excluding carboxylic acids is 2. The first kappa shape index (κ1) is 21.4. The maximum atomic E-state index is 14.0. The van der Waals surface area contributed by atoms with Crippen LogP contribution in [0.15, 0.2) is 66.9 Å². The van der Waals surface area contributed by atoms with E-state index in [0.717, 1.165) is 6.42 Å². The fourth-order valence-electron chi connectivity index (χ4n) is 3.63. The van der Waals surface area contributed by atoms with Gasteiger partial charge in [-0.1, -0.05) is 18.2 Å². The normalized spacial score (nSPS) is 14.1. The van der Waals surface area contributed by atoms with Crippen molar-refractivity contribution in [2.45, 2.75) is 6.42 Å². The molecule has 2 aromatic carbocycles. The zero-order valence-electron chi connectivity index (χ0n) is 17.3. The molecule has 0 bridgehead atoms. The first-order chi connectivity index (χ1) is 15.5. The summed E-state index contributed by atoms with van der Waals surface area (Å²) in [5.74, 6) is -1.01. The summed E-state index contributed by atoms with van der Waals surface area (Å²) >= 11 is 0. The molecule has 1 aliphatic heterocycles. The van der Waals surface area contributed by atoms with Crippen molar-refractivity contribution in [2.75, 3.05) is 36.4 Å². The van der Waals surface area contributed by atoms with Gasteiger partial charge in [0, 0.05) is 31.7 Å². The monoisotopic (exact) mass is 436 g/mol. The lowest BCUT2D eigenvalue weighted by molar-refractivity contribution is 0.0762. The van der Waals surface area contributed by atoms with Gasteiger partial charge in [-0.15, -0.1) is 0 Å². The molecule has 2 amide bonds. The number of hydrogen-bond acceptors (Lipinski definition) is 4. The van der Waals surface area contributed by atoms with Crippen molar-refractivity contribution in [2.24, 2.45) is 0 Å². The largest absolute Gasteiger partial charge is 0.355 e. The predicted molar refractivity (Wildman–Crippen MR) is 118 cm³/mol. The van der Waals surface area contributed by atoms with Gasteiger partial charge in [-0.3, -0.25) is 9.59 Å². The summed E-state index contributed by atoms with van der Waals surface area (Å²) in [7, 11) is 0. The second kappa shape index (κ2) is 9.55.